The van der Waals surface area contributed by atoms with Crippen LogP contribution in [0.1, 0.15) is 10.4 Å². The van der Waals surface area contributed by atoms with Gasteiger partial charge in [-0.15, -0.1) is 0 Å². The Labute approximate surface area is 118 Å². The molecule has 6 nitrogen and oxygen atoms in total. The van der Waals surface area contributed by atoms with E-state index in [4.69, 9.17) is 22.1 Å². The summed E-state index contributed by atoms with van der Waals surface area (Å²) < 4.78 is 18.5. The third kappa shape index (κ3) is 3.12. The molecule has 1 amide bonds. The van der Waals surface area contributed by atoms with Crippen molar-refractivity contribution in [2.45, 2.75) is 0 Å². The minimum atomic E-state index is -0.739. The van der Waals surface area contributed by atoms with Gasteiger partial charge in [-0.25, -0.2) is 9.37 Å². The summed E-state index contributed by atoms with van der Waals surface area (Å²) in [6.45, 7) is 0. The number of halogens is 2. The number of hydrogen-bond acceptors (Lipinski definition) is 5. The number of benzene rings is 1. The zero-order chi connectivity index (χ0) is 14.7. The van der Waals surface area contributed by atoms with Crippen molar-refractivity contribution in [1.29, 1.82) is 0 Å². The lowest BCUT2D eigenvalue weighted by Gasteiger charge is -2.07. The average Bonchev–Trinajstić information content (AvgIpc) is 2.37. The molecule has 1 aromatic heterocycles. The Morgan fingerprint density at radius 3 is 2.80 bits per heavy atom. The molecule has 1 heterocycles. The zero-order valence-corrected chi connectivity index (χ0v) is 11.1. The van der Waals surface area contributed by atoms with Crippen molar-refractivity contribution in [2.75, 3.05) is 18.2 Å². The van der Waals surface area contributed by atoms with Crippen LogP contribution in [0.3, 0.4) is 0 Å². The van der Waals surface area contributed by atoms with E-state index in [1.807, 2.05) is 0 Å². The molecule has 20 heavy (non-hydrogen) atoms. The lowest BCUT2D eigenvalue weighted by atomic mass is 10.2. The number of nitrogens with two attached hydrogens (primary N) is 1. The van der Waals surface area contributed by atoms with Crippen molar-refractivity contribution in [2.24, 2.45) is 0 Å². The van der Waals surface area contributed by atoms with Gasteiger partial charge in [0.2, 0.25) is 11.8 Å². The van der Waals surface area contributed by atoms with Crippen LogP contribution in [0.5, 0.6) is 5.88 Å². The van der Waals surface area contributed by atoms with Gasteiger partial charge < -0.3 is 10.5 Å². The van der Waals surface area contributed by atoms with Gasteiger partial charge in [0.05, 0.1) is 12.7 Å². The first-order valence-corrected chi connectivity index (χ1v) is 5.82. The lowest BCUT2D eigenvalue weighted by molar-refractivity contribution is 0.102. The lowest BCUT2D eigenvalue weighted by Crippen LogP contribution is -2.16. The van der Waals surface area contributed by atoms with E-state index in [-0.39, 0.29) is 28.2 Å². The van der Waals surface area contributed by atoms with E-state index in [1.165, 1.54) is 25.3 Å². The molecular weight excluding hydrogens is 287 g/mol. The minimum Gasteiger partial charge on any atom is -0.481 e. The maximum Gasteiger partial charge on any atom is 0.260 e. The number of anilines is 2. The summed E-state index contributed by atoms with van der Waals surface area (Å²) in [5, 5.41) is 2.42. The Bertz CT molecular complexity index is 666. The first-order valence-electron chi connectivity index (χ1n) is 5.44. The summed E-state index contributed by atoms with van der Waals surface area (Å²) in [5.41, 5.74) is 5.45. The largest absolute Gasteiger partial charge is 0.481 e. The van der Waals surface area contributed by atoms with E-state index in [0.717, 1.165) is 6.07 Å². The minimum absolute atomic E-state index is 0.0874. The SMILES string of the molecule is COc1cc(Cl)nc(NC(=O)c2ccc(N)cc2F)n1. The fraction of sp³-hybridized carbons (Fsp3) is 0.0833. The van der Waals surface area contributed by atoms with Gasteiger partial charge in [0, 0.05) is 11.8 Å². The Hall–Kier alpha value is -2.41. The van der Waals surface area contributed by atoms with E-state index in [2.05, 4.69) is 15.3 Å². The highest BCUT2D eigenvalue weighted by molar-refractivity contribution is 6.29. The molecule has 0 atom stereocenters. The topological polar surface area (TPSA) is 90.1 Å². The molecule has 2 aromatic rings. The molecule has 0 aliphatic rings. The molecule has 0 fully saturated rings. The number of ether oxygens (including phenoxy) is 1. The first kappa shape index (κ1) is 14.0. The predicted molar refractivity (Wildman–Crippen MR) is 72.4 cm³/mol. The fourth-order valence-electron chi connectivity index (χ4n) is 1.44. The van der Waals surface area contributed by atoms with E-state index in [9.17, 15) is 9.18 Å². The number of nitrogens with one attached hydrogen (secondary N) is 1. The average molecular weight is 297 g/mol. The first-order chi connectivity index (χ1) is 9.49. The van der Waals surface area contributed by atoms with Crippen LogP contribution in [0.2, 0.25) is 5.15 Å². The van der Waals surface area contributed by atoms with Crippen molar-refractivity contribution >= 4 is 29.1 Å². The summed E-state index contributed by atoms with van der Waals surface area (Å²) in [4.78, 5) is 19.6. The van der Waals surface area contributed by atoms with E-state index >= 15 is 0 Å². The van der Waals surface area contributed by atoms with Crippen LogP contribution >= 0.6 is 11.6 Å². The maximum atomic E-state index is 13.6. The molecule has 0 saturated carbocycles. The summed E-state index contributed by atoms with van der Waals surface area (Å²) in [5.74, 6) is -1.36. The Morgan fingerprint density at radius 2 is 2.15 bits per heavy atom. The van der Waals surface area contributed by atoms with Gasteiger partial charge in [0.15, 0.2) is 0 Å². The molecule has 2 rings (SSSR count). The van der Waals surface area contributed by atoms with Gasteiger partial charge in [0.1, 0.15) is 11.0 Å². The third-order valence-electron chi connectivity index (χ3n) is 2.34. The molecule has 0 aliphatic carbocycles. The van der Waals surface area contributed by atoms with Gasteiger partial charge in [-0.1, -0.05) is 11.6 Å². The second-order valence-corrected chi connectivity index (χ2v) is 4.14. The van der Waals surface area contributed by atoms with E-state index in [1.54, 1.807) is 0 Å². The number of nitrogen functional groups attached to an aromatic ring is 1. The zero-order valence-electron chi connectivity index (χ0n) is 10.4. The highest BCUT2D eigenvalue weighted by atomic mass is 35.5. The van der Waals surface area contributed by atoms with Gasteiger partial charge in [-0.3, -0.25) is 10.1 Å². The van der Waals surface area contributed by atoms with Crippen LogP contribution in [0.4, 0.5) is 16.0 Å². The number of carbonyl (C=O) groups excluding carboxylic acids is 1. The molecule has 0 saturated heterocycles. The van der Waals surface area contributed by atoms with Crippen LogP contribution in [0, 0.1) is 5.82 Å². The van der Waals surface area contributed by atoms with E-state index in [0.29, 0.717) is 0 Å². The van der Waals surface area contributed by atoms with Crippen molar-refractivity contribution in [3.05, 3.63) is 40.8 Å². The smallest absolute Gasteiger partial charge is 0.260 e. The molecule has 104 valence electrons. The molecule has 0 aliphatic heterocycles. The Kier molecular flexibility index (Phi) is 3.99. The molecule has 0 unspecified atom stereocenters. The number of amides is 1. The Morgan fingerprint density at radius 1 is 1.40 bits per heavy atom. The second kappa shape index (κ2) is 5.70. The van der Waals surface area contributed by atoms with Crippen LogP contribution in [0.25, 0.3) is 0 Å². The van der Waals surface area contributed by atoms with Gasteiger partial charge in [-0.05, 0) is 18.2 Å². The number of nitrogens with zero attached hydrogens (tertiary/aromatic N) is 2. The number of hydrogen-bond donors (Lipinski definition) is 2. The molecule has 0 spiro atoms. The maximum absolute atomic E-state index is 13.6. The van der Waals surface area contributed by atoms with Gasteiger partial charge >= 0.3 is 0 Å². The van der Waals surface area contributed by atoms with Crippen LogP contribution < -0.4 is 15.8 Å². The highest BCUT2D eigenvalue weighted by Gasteiger charge is 2.14. The number of carbonyl (C=O) groups is 1. The van der Waals surface area contributed by atoms with Gasteiger partial charge in [-0.2, -0.15) is 4.98 Å². The van der Waals surface area contributed by atoms with Crippen LogP contribution in [-0.2, 0) is 0 Å². The fourth-order valence-corrected chi connectivity index (χ4v) is 1.62. The normalized spacial score (nSPS) is 10.2. The van der Waals surface area contributed by atoms with Crippen molar-refractivity contribution in [1.82, 2.24) is 9.97 Å². The number of methoxy groups -OCH3 is 1. The Balaban J connectivity index is 2.25. The third-order valence-corrected chi connectivity index (χ3v) is 2.54. The molecule has 1 aromatic carbocycles. The van der Waals surface area contributed by atoms with Crippen LogP contribution in [0.15, 0.2) is 24.3 Å². The molecule has 8 heteroatoms. The monoisotopic (exact) mass is 296 g/mol. The molecule has 0 radical (unpaired) electrons. The number of rotatable bonds is 3. The van der Waals surface area contributed by atoms with Crippen molar-refractivity contribution in [3.8, 4) is 5.88 Å². The molecular formula is C12H10ClFN4O2. The van der Waals surface area contributed by atoms with Crippen LogP contribution in [-0.4, -0.2) is 23.0 Å². The van der Waals surface area contributed by atoms with Crippen molar-refractivity contribution < 1.29 is 13.9 Å². The molecule has 3 N–H and O–H groups in total. The van der Waals surface area contributed by atoms with Gasteiger partial charge in [0.25, 0.3) is 5.91 Å². The summed E-state index contributed by atoms with van der Waals surface area (Å²) >= 11 is 5.74. The summed E-state index contributed by atoms with van der Waals surface area (Å²) in [6.07, 6.45) is 0. The van der Waals surface area contributed by atoms with Crippen molar-refractivity contribution in [3.63, 3.8) is 0 Å². The second-order valence-electron chi connectivity index (χ2n) is 3.75. The van der Waals surface area contributed by atoms with E-state index < -0.39 is 11.7 Å². The quantitative estimate of drug-likeness (QED) is 0.669. The summed E-state index contributed by atoms with van der Waals surface area (Å²) in [6, 6.07) is 5.11. The highest BCUT2D eigenvalue weighted by Crippen LogP contribution is 2.17. The predicted octanol–water partition coefficient (Wildman–Crippen LogP) is 2.11. The molecule has 0 bridgehead atoms. The standard InChI is InChI=1S/C12H10ClFN4O2/c1-20-10-5-9(13)16-12(17-10)18-11(19)7-3-2-6(15)4-8(7)14/h2-5H,15H2,1H3,(H,16,17,18,19). The number of aromatic nitrogens is 2. The summed E-state index contributed by atoms with van der Waals surface area (Å²) in [7, 11) is 1.39.